The molecule has 0 bridgehead atoms. The predicted octanol–water partition coefficient (Wildman–Crippen LogP) is 3.76. The molecule has 2 atom stereocenters. The summed E-state index contributed by atoms with van der Waals surface area (Å²) < 4.78 is 0. The summed E-state index contributed by atoms with van der Waals surface area (Å²) in [6.45, 7) is 2.17. The van der Waals surface area contributed by atoms with Gasteiger partial charge in [-0.2, -0.15) is 24.4 Å². The van der Waals surface area contributed by atoms with E-state index in [9.17, 15) is 5.11 Å². The van der Waals surface area contributed by atoms with Crippen LogP contribution in [0.2, 0.25) is 0 Å². The topological polar surface area (TPSA) is 20.2 Å². The lowest BCUT2D eigenvalue weighted by Gasteiger charge is -2.28. The van der Waals surface area contributed by atoms with Gasteiger partial charge in [-0.3, -0.25) is 0 Å². The molecule has 1 fully saturated rings. The van der Waals surface area contributed by atoms with Gasteiger partial charge in [0.25, 0.3) is 0 Å². The van der Waals surface area contributed by atoms with Gasteiger partial charge in [0.1, 0.15) is 0 Å². The zero-order chi connectivity index (χ0) is 11.8. The first-order valence-electron chi connectivity index (χ1n) is 6.68. The van der Waals surface area contributed by atoms with Crippen molar-refractivity contribution < 1.29 is 5.11 Å². The summed E-state index contributed by atoms with van der Waals surface area (Å²) in [6.07, 6.45) is 8.76. The lowest BCUT2D eigenvalue weighted by Crippen LogP contribution is -2.27. The summed E-state index contributed by atoms with van der Waals surface area (Å²) in [7, 11) is 0. The van der Waals surface area contributed by atoms with Crippen molar-refractivity contribution in [2.45, 2.75) is 63.2 Å². The number of rotatable bonds is 7. The van der Waals surface area contributed by atoms with Gasteiger partial charge in [0.15, 0.2) is 0 Å². The summed E-state index contributed by atoms with van der Waals surface area (Å²) in [5, 5.41) is 10.7. The smallest absolute Gasteiger partial charge is 0.0661 e. The summed E-state index contributed by atoms with van der Waals surface area (Å²) in [5.74, 6) is 2.77. The lowest BCUT2D eigenvalue weighted by atomic mass is 9.84. The van der Waals surface area contributed by atoms with E-state index < -0.39 is 0 Å². The molecule has 16 heavy (non-hydrogen) atoms. The van der Waals surface area contributed by atoms with Crippen LogP contribution in [0.25, 0.3) is 0 Å². The highest BCUT2D eigenvalue weighted by molar-refractivity contribution is 7.99. The van der Waals surface area contributed by atoms with E-state index >= 15 is 0 Å². The summed E-state index contributed by atoms with van der Waals surface area (Å²) >= 11 is 6.19. The minimum absolute atomic E-state index is 0.111. The van der Waals surface area contributed by atoms with E-state index in [0.717, 1.165) is 30.3 Å². The van der Waals surface area contributed by atoms with Crippen molar-refractivity contribution in [3.05, 3.63) is 0 Å². The van der Waals surface area contributed by atoms with E-state index in [1.807, 2.05) is 11.8 Å². The highest BCUT2D eigenvalue weighted by Crippen LogP contribution is 2.30. The van der Waals surface area contributed by atoms with Crippen molar-refractivity contribution in [2.24, 2.45) is 5.92 Å². The Balaban J connectivity index is 2.31. The molecule has 3 heteroatoms. The minimum Gasteiger partial charge on any atom is -0.392 e. The van der Waals surface area contributed by atoms with Crippen molar-refractivity contribution in [1.82, 2.24) is 0 Å². The average molecular weight is 262 g/mol. The molecule has 0 radical (unpaired) electrons. The standard InChI is InChI=1S/C13H26OS2/c1-2-16-13(8-9-15)12(14)10-11-6-4-3-5-7-11/h11-15H,2-10H2,1H3/t12-,13?/m0/s1. The number of thiol groups is 1. The monoisotopic (exact) mass is 262 g/mol. The maximum Gasteiger partial charge on any atom is 0.0661 e. The van der Waals surface area contributed by atoms with Gasteiger partial charge in [0.2, 0.25) is 0 Å². The minimum atomic E-state index is -0.111. The molecule has 1 nitrogen and oxygen atoms in total. The van der Waals surface area contributed by atoms with E-state index in [2.05, 4.69) is 19.6 Å². The fourth-order valence-electron chi connectivity index (χ4n) is 2.64. The molecule has 1 saturated carbocycles. The molecule has 0 aromatic heterocycles. The van der Waals surface area contributed by atoms with Gasteiger partial charge in [-0.1, -0.05) is 39.0 Å². The molecule has 0 spiro atoms. The third kappa shape index (κ3) is 5.33. The highest BCUT2D eigenvalue weighted by Gasteiger charge is 2.23. The van der Waals surface area contributed by atoms with Crippen LogP contribution in [0.3, 0.4) is 0 Å². The van der Waals surface area contributed by atoms with Crippen molar-refractivity contribution in [2.75, 3.05) is 11.5 Å². The number of aliphatic hydroxyl groups excluding tert-OH is 1. The first-order chi connectivity index (χ1) is 7.77. The Morgan fingerprint density at radius 3 is 2.56 bits per heavy atom. The zero-order valence-electron chi connectivity index (χ0n) is 10.4. The highest BCUT2D eigenvalue weighted by atomic mass is 32.2. The van der Waals surface area contributed by atoms with Gasteiger partial charge in [0, 0.05) is 5.25 Å². The van der Waals surface area contributed by atoms with Crippen molar-refractivity contribution in [3.8, 4) is 0 Å². The molecule has 1 N–H and O–H groups in total. The number of thioether (sulfide) groups is 1. The third-order valence-corrected chi connectivity index (χ3v) is 5.09. The summed E-state index contributed by atoms with van der Waals surface area (Å²) in [5.41, 5.74) is 0. The molecule has 0 aromatic carbocycles. The van der Waals surface area contributed by atoms with Crippen LogP contribution < -0.4 is 0 Å². The molecule has 1 aliphatic carbocycles. The molecule has 0 aliphatic heterocycles. The summed E-state index contributed by atoms with van der Waals surface area (Å²) in [4.78, 5) is 0. The fraction of sp³-hybridized carbons (Fsp3) is 1.00. The molecular formula is C13H26OS2. The van der Waals surface area contributed by atoms with Crippen LogP contribution in [0.4, 0.5) is 0 Å². The fourth-order valence-corrected chi connectivity index (χ4v) is 4.14. The molecule has 1 rings (SSSR count). The number of hydrogen-bond donors (Lipinski definition) is 2. The second-order valence-corrected chi connectivity index (χ2v) is 6.78. The van der Waals surface area contributed by atoms with E-state index in [1.54, 1.807) is 0 Å². The molecule has 0 amide bonds. The Hall–Kier alpha value is 0.660. The van der Waals surface area contributed by atoms with Crippen molar-refractivity contribution >= 4 is 24.4 Å². The first kappa shape index (κ1) is 14.7. The SMILES string of the molecule is CCSC(CCS)[C@@H](O)CC1CCCCC1. The van der Waals surface area contributed by atoms with Crippen LogP contribution in [0.5, 0.6) is 0 Å². The number of aliphatic hydroxyl groups is 1. The van der Waals surface area contributed by atoms with E-state index in [4.69, 9.17) is 0 Å². The van der Waals surface area contributed by atoms with E-state index in [0.29, 0.717) is 5.25 Å². The van der Waals surface area contributed by atoms with E-state index in [1.165, 1.54) is 32.1 Å². The Morgan fingerprint density at radius 2 is 2.00 bits per heavy atom. The normalized spacial score (nSPS) is 21.9. The molecule has 1 unspecified atom stereocenters. The quantitative estimate of drug-likeness (QED) is 0.681. The molecule has 96 valence electrons. The molecule has 0 aromatic rings. The molecule has 0 heterocycles. The average Bonchev–Trinajstić information content (AvgIpc) is 2.30. The second-order valence-electron chi connectivity index (χ2n) is 4.81. The Bertz CT molecular complexity index is 163. The first-order valence-corrected chi connectivity index (χ1v) is 8.36. The van der Waals surface area contributed by atoms with Gasteiger partial charge in [-0.15, -0.1) is 0 Å². The van der Waals surface area contributed by atoms with Crippen molar-refractivity contribution in [3.63, 3.8) is 0 Å². The Kier molecular flexibility index (Phi) is 8.01. The largest absolute Gasteiger partial charge is 0.392 e. The van der Waals surface area contributed by atoms with E-state index in [-0.39, 0.29) is 6.10 Å². The molecule has 0 saturated heterocycles. The maximum absolute atomic E-state index is 10.3. The van der Waals surface area contributed by atoms with Crippen LogP contribution in [0.15, 0.2) is 0 Å². The number of hydrogen-bond acceptors (Lipinski definition) is 3. The van der Waals surface area contributed by atoms with Crippen LogP contribution in [0, 0.1) is 5.92 Å². The Labute approximate surface area is 110 Å². The van der Waals surface area contributed by atoms with Gasteiger partial charge in [-0.05, 0) is 30.3 Å². The van der Waals surface area contributed by atoms with Gasteiger partial charge < -0.3 is 5.11 Å². The third-order valence-electron chi connectivity index (χ3n) is 3.52. The maximum atomic E-state index is 10.3. The van der Waals surface area contributed by atoms with Gasteiger partial charge in [-0.25, -0.2) is 0 Å². The molecule has 1 aliphatic rings. The van der Waals surface area contributed by atoms with Crippen LogP contribution in [-0.2, 0) is 0 Å². The van der Waals surface area contributed by atoms with Crippen molar-refractivity contribution in [1.29, 1.82) is 0 Å². The van der Waals surface area contributed by atoms with Crippen LogP contribution in [-0.4, -0.2) is 28.0 Å². The second kappa shape index (κ2) is 8.71. The zero-order valence-corrected chi connectivity index (χ0v) is 12.1. The molecular weight excluding hydrogens is 236 g/mol. The lowest BCUT2D eigenvalue weighted by molar-refractivity contribution is 0.126. The Morgan fingerprint density at radius 1 is 1.31 bits per heavy atom. The van der Waals surface area contributed by atoms with Gasteiger partial charge >= 0.3 is 0 Å². The van der Waals surface area contributed by atoms with Crippen LogP contribution >= 0.6 is 24.4 Å². The summed E-state index contributed by atoms with van der Waals surface area (Å²) in [6, 6.07) is 0. The van der Waals surface area contributed by atoms with Crippen LogP contribution in [0.1, 0.15) is 51.9 Å². The predicted molar refractivity (Wildman–Crippen MR) is 77.6 cm³/mol. The van der Waals surface area contributed by atoms with Gasteiger partial charge in [0.05, 0.1) is 6.10 Å².